The Labute approximate surface area is 159 Å². The van der Waals surface area contributed by atoms with Crippen LogP contribution < -0.4 is 15.4 Å². The first-order valence-corrected chi connectivity index (χ1v) is 8.62. The second-order valence-electron chi connectivity index (χ2n) is 6.18. The Bertz CT molecular complexity index is 1170. The number of nitrogens with one attached hydrogen (secondary N) is 2. The SMILES string of the molecule is O=C(Nc1cc(C2Nc3ncccc3O2)ccn1)c1ccc2nccnc2c1. The number of carbonyl (C=O) groups is 1. The molecule has 1 atom stereocenters. The number of amides is 1. The van der Waals surface area contributed by atoms with Crippen molar-refractivity contribution in [2.24, 2.45) is 0 Å². The Morgan fingerprint density at radius 1 is 0.929 bits per heavy atom. The van der Waals surface area contributed by atoms with Gasteiger partial charge in [0.15, 0.2) is 17.8 Å². The van der Waals surface area contributed by atoms with Gasteiger partial charge in [-0.25, -0.2) is 9.97 Å². The Morgan fingerprint density at radius 2 is 1.82 bits per heavy atom. The lowest BCUT2D eigenvalue weighted by atomic mass is 10.1. The minimum Gasteiger partial charge on any atom is -0.463 e. The van der Waals surface area contributed by atoms with Crippen molar-refractivity contribution in [3.05, 3.63) is 78.4 Å². The van der Waals surface area contributed by atoms with Crippen molar-refractivity contribution < 1.29 is 9.53 Å². The number of ether oxygens (including phenoxy) is 1. The van der Waals surface area contributed by atoms with Crippen LogP contribution in [0.2, 0.25) is 0 Å². The molecule has 1 unspecified atom stereocenters. The Morgan fingerprint density at radius 3 is 2.71 bits per heavy atom. The molecule has 1 aliphatic rings. The van der Waals surface area contributed by atoms with Gasteiger partial charge in [0.05, 0.1) is 11.0 Å². The molecule has 0 aliphatic carbocycles. The zero-order valence-electron chi connectivity index (χ0n) is 14.5. The summed E-state index contributed by atoms with van der Waals surface area (Å²) in [5.74, 6) is 1.53. The van der Waals surface area contributed by atoms with Gasteiger partial charge in [0.1, 0.15) is 5.82 Å². The standard InChI is InChI=1S/C20H14N6O2/c27-19(12-3-4-14-15(10-12)22-9-8-21-14)25-17-11-13(5-7-23-17)20-26-18-16(28-20)2-1-6-24-18/h1-11,20H,(H,24,26)(H,23,25,27). The normalized spacial score (nSPS) is 14.8. The minimum atomic E-state index is -0.389. The molecule has 5 rings (SSSR count). The molecule has 4 aromatic rings. The lowest BCUT2D eigenvalue weighted by Gasteiger charge is -2.12. The maximum Gasteiger partial charge on any atom is 0.256 e. The highest BCUT2D eigenvalue weighted by atomic mass is 16.5. The van der Waals surface area contributed by atoms with Gasteiger partial charge >= 0.3 is 0 Å². The van der Waals surface area contributed by atoms with Crippen LogP contribution in [-0.2, 0) is 0 Å². The molecular formula is C20H14N6O2. The molecule has 8 nitrogen and oxygen atoms in total. The van der Waals surface area contributed by atoms with E-state index < -0.39 is 0 Å². The Balaban J connectivity index is 1.36. The van der Waals surface area contributed by atoms with Gasteiger partial charge in [-0.3, -0.25) is 14.8 Å². The van der Waals surface area contributed by atoms with E-state index in [-0.39, 0.29) is 12.1 Å². The average Bonchev–Trinajstić information content (AvgIpc) is 3.18. The maximum atomic E-state index is 12.6. The third-order valence-electron chi connectivity index (χ3n) is 4.34. The predicted octanol–water partition coefficient (Wildman–Crippen LogP) is 3.18. The third-order valence-corrected chi connectivity index (χ3v) is 4.34. The molecule has 3 aromatic heterocycles. The number of hydrogen-bond donors (Lipinski definition) is 2. The molecule has 0 saturated heterocycles. The number of carbonyl (C=O) groups excluding carboxylic acids is 1. The zero-order chi connectivity index (χ0) is 18.9. The summed E-state index contributed by atoms with van der Waals surface area (Å²) in [7, 11) is 0. The second-order valence-corrected chi connectivity index (χ2v) is 6.18. The molecule has 4 heterocycles. The Hall–Kier alpha value is -4.07. The molecule has 0 saturated carbocycles. The first-order valence-electron chi connectivity index (χ1n) is 8.62. The molecule has 0 radical (unpaired) electrons. The van der Waals surface area contributed by atoms with Crippen molar-refractivity contribution in [1.29, 1.82) is 0 Å². The zero-order valence-corrected chi connectivity index (χ0v) is 14.5. The van der Waals surface area contributed by atoms with Gasteiger partial charge in [-0.15, -0.1) is 0 Å². The van der Waals surface area contributed by atoms with Gasteiger partial charge in [-0.05, 0) is 42.5 Å². The topological polar surface area (TPSA) is 102 Å². The molecule has 0 fully saturated rings. The number of anilines is 2. The van der Waals surface area contributed by atoms with Gasteiger partial charge < -0.3 is 15.4 Å². The van der Waals surface area contributed by atoms with Crippen LogP contribution in [0.4, 0.5) is 11.6 Å². The van der Waals surface area contributed by atoms with Gasteiger partial charge in [-0.1, -0.05) is 0 Å². The predicted molar refractivity (Wildman–Crippen MR) is 103 cm³/mol. The third kappa shape index (κ3) is 2.96. The van der Waals surface area contributed by atoms with Gasteiger partial charge in [0, 0.05) is 35.9 Å². The van der Waals surface area contributed by atoms with E-state index in [9.17, 15) is 4.79 Å². The number of nitrogens with zero attached hydrogens (tertiary/aromatic N) is 4. The smallest absolute Gasteiger partial charge is 0.256 e. The van der Waals surface area contributed by atoms with Crippen LogP contribution in [0.15, 0.2) is 67.3 Å². The summed E-state index contributed by atoms with van der Waals surface area (Å²) < 4.78 is 5.86. The van der Waals surface area contributed by atoms with Crippen LogP contribution in [0.1, 0.15) is 22.1 Å². The summed E-state index contributed by atoms with van der Waals surface area (Å²) in [6, 6.07) is 12.4. The van der Waals surface area contributed by atoms with Crippen LogP contribution in [0.25, 0.3) is 11.0 Å². The summed E-state index contributed by atoms with van der Waals surface area (Å²) in [6.45, 7) is 0. The van der Waals surface area contributed by atoms with E-state index in [1.54, 1.807) is 49.1 Å². The molecule has 1 aromatic carbocycles. The average molecular weight is 370 g/mol. The van der Waals surface area contributed by atoms with Gasteiger partial charge in [0.25, 0.3) is 5.91 Å². The fourth-order valence-corrected chi connectivity index (χ4v) is 3.00. The molecule has 136 valence electrons. The second kappa shape index (κ2) is 6.58. The van der Waals surface area contributed by atoms with Crippen LogP contribution in [-0.4, -0.2) is 25.8 Å². The van der Waals surface area contributed by atoms with Crippen LogP contribution in [0.3, 0.4) is 0 Å². The van der Waals surface area contributed by atoms with Crippen molar-refractivity contribution in [1.82, 2.24) is 19.9 Å². The number of fused-ring (bicyclic) bond motifs is 2. The number of rotatable bonds is 3. The minimum absolute atomic E-state index is 0.276. The first kappa shape index (κ1) is 16.1. The molecule has 0 bridgehead atoms. The summed E-state index contributed by atoms with van der Waals surface area (Å²) in [5.41, 5.74) is 2.70. The fourth-order valence-electron chi connectivity index (χ4n) is 3.00. The Kier molecular flexibility index (Phi) is 3.79. The van der Waals surface area contributed by atoms with Crippen molar-refractivity contribution in [3.8, 4) is 5.75 Å². The highest BCUT2D eigenvalue weighted by Crippen LogP contribution is 2.35. The summed E-state index contributed by atoms with van der Waals surface area (Å²) in [4.78, 5) is 29.5. The van der Waals surface area contributed by atoms with Gasteiger partial charge in [-0.2, -0.15) is 0 Å². The summed E-state index contributed by atoms with van der Waals surface area (Å²) in [5, 5.41) is 6.00. The van der Waals surface area contributed by atoms with Crippen molar-refractivity contribution in [2.75, 3.05) is 10.6 Å². The molecule has 0 spiro atoms. The van der Waals surface area contributed by atoms with Crippen molar-refractivity contribution >= 4 is 28.6 Å². The lowest BCUT2D eigenvalue weighted by Crippen LogP contribution is -2.15. The summed E-state index contributed by atoms with van der Waals surface area (Å²) in [6.07, 6.45) is 6.14. The van der Waals surface area contributed by atoms with E-state index in [1.807, 2.05) is 18.2 Å². The van der Waals surface area contributed by atoms with Crippen molar-refractivity contribution in [2.45, 2.75) is 6.23 Å². The van der Waals surface area contributed by atoms with E-state index in [4.69, 9.17) is 4.74 Å². The summed E-state index contributed by atoms with van der Waals surface area (Å²) >= 11 is 0. The monoisotopic (exact) mass is 370 g/mol. The molecule has 8 heteroatoms. The highest BCUT2D eigenvalue weighted by Gasteiger charge is 2.24. The first-order chi connectivity index (χ1) is 13.8. The molecule has 1 aliphatic heterocycles. The van der Waals surface area contributed by atoms with E-state index in [2.05, 4.69) is 30.6 Å². The number of pyridine rings is 2. The van der Waals surface area contributed by atoms with Crippen LogP contribution >= 0.6 is 0 Å². The molecular weight excluding hydrogens is 356 g/mol. The van der Waals surface area contributed by atoms with E-state index >= 15 is 0 Å². The van der Waals surface area contributed by atoms with E-state index in [0.717, 1.165) is 11.1 Å². The molecule has 2 N–H and O–H groups in total. The largest absolute Gasteiger partial charge is 0.463 e. The van der Waals surface area contributed by atoms with Crippen LogP contribution in [0.5, 0.6) is 5.75 Å². The number of aromatic nitrogens is 4. The molecule has 1 amide bonds. The fraction of sp³-hybridized carbons (Fsp3) is 0.0500. The molecule has 28 heavy (non-hydrogen) atoms. The van der Waals surface area contributed by atoms with E-state index in [1.165, 1.54) is 0 Å². The number of benzene rings is 1. The lowest BCUT2D eigenvalue weighted by molar-refractivity contribution is 0.102. The highest BCUT2D eigenvalue weighted by molar-refractivity contribution is 6.05. The van der Waals surface area contributed by atoms with Gasteiger partial charge in [0.2, 0.25) is 0 Å². The maximum absolute atomic E-state index is 12.6. The number of hydrogen-bond acceptors (Lipinski definition) is 7. The van der Waals surface area contributed by atoms with Crippen molar-refractivity contribution in [3.63, 3.8) is 0 Å². The van der Waals surface area contributed by atoms with E-state index in [0.29, 0.717) is 28.5 Å². The quantitative estimate of drug-likeness (QED) is 0.571. The van der Waals surface area contributed by atoms with Crippen LogP contribution in [0, 0.1) is 0 Å².